The van der Waals surface area contributed by atoms with E-state index in [4.69, 9.17) is 9.84 Å². The Bertz CT molecular complexity index is 222. The first kappa shape index (κ1) is 12.5. The van der Waals surface area contributed by atoms with Gasteiger partial charge in [0.2, 0.25) is 0 Å². The molecule has 0 aliphatic carbocycles. The first-order chi connectivity index (χ1) is 6.83. The maximum Gasteiger partial charge on any atom is 0.303 e. The van der Waals surface area contributed by atoms with Crippen LogP contribution >= 0.6 is 0 Å². The minimum Gasteiger partial charge on any atom is -0.481 e. The zero-order chi connectivity index (χ0) is 11.5. The molecule has 0 saturated carbocycles. The molecule has 0 spiro atoms. The Hall–Kier alpha value is -0.570. The molecular formula is C12H22O3. The van der Waals surface area contributed by atoms with E-state index in [0.717, 1.165) is 19.3 Å². The Morgan fingerprint density at radius 2 is 1.87 bits per heavy atom. The van der Waals surface area contributed by atoms with Gasteiger partial charge in [0.15, 0.2) is 0 Å². The standard InChI is InChI=1S/C12H22O3/c1-11(2,3)9-12(8-10(13)14)4-6-15-7-5-12/h4-9H2,1-3H3,(H,13,14). The Morgan fingerprint density at radius 1 is 1.33 bits per heavy atom. The molecule has 1 aliphatic rings. The molecule has 1 saturated heterocycles. The summed E-state index contributed by atoms with van der Waals surface area (Å²) >= 11 is 0. The first-order valence-electron chi connectivity index (χ1n) is 5.63. The van der Waals surface area contributed by atoms with Gasteiger partial charge in [-0.05, 0) is 30.1 Å². The molecule has 0 atom stereocenters. The van der Waals surface area contributed by atoms with E-state index in [1.165, 1.54) is 0 Å². The summed E-state index contributed by atoms with van der Waals surface area (Å²) in [6.07, 6.45) is 3.02. The van der Waals surface area contributed by atoms with Crippen molar-refractivity contribution in [1.29, 1.82) is 0 Å². The van der Waals surface area contributed by atoms with Gasteiger partial charge in [0.05, 0.1) is 6.42 Å². The second-order valence-corrected chi connectivity index (χ2v) is 5.92. The van der Waals surface area contributed by atoms with Gasteiger partial charge in [-0.3, -0.25) is 4.79 Å². The summed E-state index contributed by atoms with van der Waals surface area (Å²) in [5.41, 5.74) is 0.148. The third kappa shape index (κ3) is 4.20. The van der Waals surface area contributed by atoms with Crippen molar-refractivity contribution < 1.29 is 14.6 Å². The molecule has 88 valence electrons. The Morgan fingerprint density at radius 3 is 2.27 bits per heavy atom. The number of rotatable bonds is 3. The van der Waals surface area contributed by atoms with Gasteiger partial charge in [-0.25, -0.2) is 0 Å². The zero-order valence-electron chi connectivity index (χ0n) is 10.0. The van der Waals surface area contributed by atoms with Crippen LogP contribution in [-0.2, 0) is 9.53 Å². The van der Waals surface area contributed by atoms with Gasteiger partial charge in [-0.1, -0.05) is 20.8 Å². The van der Waals surface area contributed by atoms with Crippen LogP contribution in [0.1, 0.15) is 46.5 Å². The number of carbonyl (C=O) groups is 1. The van der Waals surface area contributed by atoms with E-state index in [0.29, 0.717) is 13.2 Å². The van der Waals surface area contributed by atoms with Crippen molar-refractivity contribution in [2.75, 3.05) is 13.2 Å². The summed E-state index contributed by atoms with van der Waals surface area (Å²) in [5, 5.41) is 8.99. The number of hydrogen-bond donors (Lipinski definition) is 1. The molecule has 1 rings (SSSR count). The molecule has 15 heavy (non-hydrogen) atoms. The van der Waals surface area contributed by atoms with E-state index in [1.54, 1.807) is 0 Å². The number of hydrogen-bond acceptors (Lipinski definition) is 2. The summed E-state index contributed by atoms with van der Waals surface area (Å²) in [7, 11) is 0. The highest BCUT2D eigenvalue weighted by molar-refractivity contribution is 5.67. The van der Waals surface area contributed by atoms with Crippen molar-refractivity contribution in [3.63, 3.8) is 0 Å². The summed E-state index contributed by atoms with van der Waals surface area (Å²) in [6, 6.07) is 0. The zero-order valence-corrected chi connectivity index (χ0v) is 10.0. The highest BCUT2D eigenvalue weighted by Gasteiger charge is 2.38. The molecule has 1 heterocycles. The van der Waals surface area contributed by atoms with E-state index >= 15 is 0 Å². The van der Waals surface area contributed by atoms with Crippen molar-refractivity contribution in [2.45, 2.75) is 46.5 Å². The number of ether oxygens (including phenoxy) is 1. The Labute approximate surface area is 91.8 Å². The molecule has 1 N–H and O–H groups in total. The van der Waals surface area contributed by atoms with E-state index < -0.39 is 5.97 Å². The fourth-order valence-corrected chi connectivity index (χ4v) is 2.67. The van der Waals surface area contributed by atoms with Crippen LogP contribution < -0.4 is 0 Å². The van der Waals surface area contributed by atoms with Crippen molar-refractivity contribution in [1.82, 2.24) is 0 Å². The third-order valence-electron chi connectivity index (χ3n) is 2.99. The van der Waals surface area contributed by atoms with Crippen LogP contribution in [0.2, 0.25) is 0 Å². The largest absolute Gasteiger partial charge is 0.481 e. The lowest BCUT2D eigenvalue weighted by Crippen LogP contribution is -2.35. The monoisotopic (exact) mass is 214 g/mol. The van der Waals surface area contributed by atoms with Gasteiger partial charge in [0.1, 0.15) is 0 Å². The lowest BCUT2D eigenvalue weighted by molar-refractivity contribution is -0.142. The van der Waals surface area contributed by atoms with Gasteiger partial charge in [-0.2, -0.15) is 0 Å². The minimum atomic E-state index is -0.679. The average molecular weight is 214 g/mol. The molecule has 3 nitrogen and oxygen atoms in total. The molecule has 3 heteroatoms. The maximum atomic E-state index is 10.9. The summed E-state index contributed by atoms with van der Waals surface area (Å²) in [5.74, 6) is -0.679. The minimum absolute atomic E-state index is 0.0394. The highest BCUT2D eigenvalue weighted by atomic mass is 16.5. The van der Waals surface area contributed by atoms with Crippen molar-refractivity contribution >= 4 is 5.97 Å². The Balaban J connectivity index is 2.70. The predicted molar refractivity (Wildman–Crippen MR) is 58.8 cm³/mol. The SMILES string of the molecule is CC(C)(C)CC1(CC(=O)O)CCOCC1. The van der Waals surface area contributed by atoms with E-state index in [9.17, 15) is 4.79 Å². The molecule has 0 aromatic rings. The molecule has 0 bridgehead atoms. The van der Waals surface area contributed by atoms with Crippen molar-refractivity contribution in [2.24, 2.45) is 10.8 Å². The van der Waals surface area contributed by atoms with Gasteiger partial charge in [0.25, 0.3) is 0 Å². The molecule has 0 radical (unpaired) electrons. The molecule has 0 amide bonds. The molecule has 0 aromatic heterocycles. The lowest BCUT2D eigenvalue weighted by Gasteiger charge is -2.40. The van der Waals surface area contributed by atoms with Gasteiger partial charge < -0.3 is 9.84 Å². The predicted octanol–water partition coefficient (Wildman–Crippen LogP) is 2.69. The first-order valence-corrected chi connectivity index (χ1v) is 5.63. The molecule has 1 aliphatic heterocycles. The normalized spacial score (nSPS) is 21.3. The fraction of sp³-hybridized carbons (Fsp3) is 0.917. The molecule has 1 fully saturated rings. The molecule has 0 aromatic carbocycles. The highest BCUT2D eigenvalue weighted by Crippen LogP contribution is 2.43. The van der Waals surface area contributed by atoms with Crippen molar-refractivity contribution in [3.05, 3.63) is 0 Å². The van der Waals surface area contributed by atoms with Gasteiger partial charge >= 0.3 is 5.97 Å². The smallest absolute Gasteiger partial charge is 0.303 e. The summed E-state index contributed by atoms with van der Waals surface area (Å²) < 4.78 is 5.33. The van der Waals surface area contributed by atoms with E-state index in [1.807, 2.05) is 0 Å². The fourth-order valence-electron chi connectivity index (χ4n) is 2.67. The van der Waals surface area contributed by atoms with Crippen LogP contribution in [0.3, 0.4) is 0 Å². The number of aliphatic carboxylic acids is 1. The Kier molecular flexibility index (Phi) is 3.77. The number of carboxylic acids is 1. The summed E-state index contributed by atoms with van der Waals surface area (Å²) in [6.45, 7) is 7.94. The van der Waals surface area contributed by atoms with Gasteiger partial charge in [0, 0.05) is 13.2 Å². The quantitative estimate of drug-likeness (QED) is 0.785. The third-order valence-corrected chi connectivity index (χ3v) is 2.99. The topological polar surface area (TPSA) is 46.5 Å². The van der Waals surface area contributed by atoms with Crippen LogP contribution in [0.4, 0.5) is 0 Å². The van der Waals surface area contributed by atoms with Crippen LogP contribution in [0.15, 0.2) is 0 Å². The van der Waals surface area contributed by atoms with Crippen LogP contribution in [0.5, 0.6) is 0 Å². The second kappa shape index (κ2) is 4.52. The van der Waals surface area contributed by atoms with Gasteiger partial charge in [-0.15, -0.1) is 0 Å². The van der Waals surface area contributed by atoms with E-state index in [-0.39, 0.29) is 17.3 Å². The lowest BCUT2D eigenvalue weighted by atomic mass is 9.67. The summed E-state index contributed by atoms with van der Waals surface area (Å²) in [4.78, 5) is 10.9. The number of carboxylic acid groups (broad SMARTS) is 1. The molecule has 0 unspecified atom stereocenters. The van der Waals surface area contributed by atoms with Crippen LogP contribution in [0.25, 0.3) is 0 Å². The average Bonchev–Trinajstić information content (AvgIpc) is 1.99. The van der Waals surface area contributed by atoms with E-state index in [2.05, 4.69) is 20.8 Å². The van der Waals surface area contributed by atoms with Crippen LogP contribution in [0, 0.1) is 10.8 Å². The maximum absolute atomic E-state index is 10.9. The van der Waals surface area contributed by atoms with Crippen LogP contribution in [-0.4, -0.2) is 24.3 Å². The van der Waals surface area contributed by atoms with Crippen molar-refractivity contribution in [3.8, 4) is 0 Å². The second-order valence-electron chi connectivity index (χ2n) is 5.92. The molecular weight excluding hydrogens is 192 g/mol.